The second-order valence-electron chi connectivity index (χ2n) is 6.13. The third-order valence-corrected chi connectivity index (χ3v) is 4.00. The summed E-state index contributed by atoms with van der Waals surface area (Å²) < 4.78 is 17.4. The fourth-order valence-electron chi connectivity index (χ4n) is 3.12. The van der Waals surface area contributed by atoms with Crippen molar-refractivity contribution >= 4 is 0 Å². The van der Waals surface area contributed by atoms with Crippen molar-refractivity contribution in [2.45, 2.75) is 51.0 Å². The molecule has 0 unspecified atom stereocenters. The van der Waals surface area contributed by atoms with Crippen molar-refractivity contribution in [3.05, 3.63) is 35.9 Å². The fraction of sp³-hybridized carbons (Fsp3) is 0.625. The van der Waals surface area contributed by atoms with Crippen LogP contribution >= 0.6 is 0 Å². The van der Waals surface area contributed by atoms with Crippen molar-refractivity contribution < 1.29 is 19.3 Å². The Morgan fingerprint density at radius 2 is 1.90 bits per heavy atom. The Morgan fingerprint density at radius 1 is 1.20 bits per heavy atom. The lowest BCUT2D eigenvalue weighted by Gasteiger charge is -2.22. The first kappa shape index (κ1) is 14.0. The smallest absolute Gasteiger partial charge is 0.163 e. The highest BCUT2D eigenvalue weighted by molar-refractivity contribution is 5.13. The highest BCUT2D eigenvalue weighted by Crippen LogP contribution is 2.41. The second kappa shape index (κ2) is 5.45. The number of hydrogen-bond donors (Lipinski definition) is 1. The lowest BCUT2D eigenvalue weighted by molar-refractivity contribution is -0.169. The van der Waals surface area contributed by atoms with Crippen molar-refractivity contribution in [1.82, 2.24) is 0 Å². The standard InChI is InChI=1S/C16H22O4/c1-16(2)19-14-12(8-13(17)15(14)20-16)10-18-9-11-6-4-3-5-7-11/h3-7,12-15,17H,8-10H2,1-2H3/t12-,13-,14-,15+/m0/s1. The SMILES string of the molecule is CC1(C)O[C@H]2[C@H](COCc3ccccc3)C[C@H](O)[C@H]2O1. The molecule has 4 nitrogen and oxygen atoms in total. The van der Waals surface area contributed by atoms with E-state index in [1.165, 1.54) is 0 Å². The van der Waals surface area contributed by atoms with E-state index in [2.05, 4.69) is 0 Å². The number of fused-ring (bicyclic) bond motifs is 1. The Balaban J connectivity index is 1.53. The molecule has 1 heterocycles. The summed E-state index contributed by atoms with van der Waals surface area (Å²) in [4.78, 5) is 0. The molecule has 20 heavy (non-hydrogen) atoms. The van der Waals surface area contributed by atoms with E-state index in [-0.39, 0.29) is 18.1 Å². The van der Waals surface area contributed by atoms with Gasteiger partial charge in [0.1, 0.15) is 6.10 Å². The number of rotatable bonds is 4. The molecule has 1 aliphatic heterocycles. The summed E-state index contributed by atoms with van der Waals surface area (Å²) in [6.45, 7) is 4.96. The molecular weight excluding hydrogens is 256 g/mol. The first-order chi connectivity index (χ1) is 9.55. The van der Waals surface area contributed by atoms with E-state index < -0.39 is 11.9 Å². The molecule has 2 aliphatic rings. The van der Waals surface area contributed by atoms with Gasteiger partial charge in [0.25, 0.3) is 0 Å². The first-order valence-electron chi connectivity index (χ1n) is 7.20. The largest absolute Gasteiger partial charge is 0.390 e. The zero-order valence-corrected chi connectivity index (χ0v) is 12.0. The minimum absolute atomic E-state index is 0.0595. The van der Waals surface area contributed by atoms with E-state index in [0.717, 1.165) is 5.56 Å². The maximum atomic E-state index is 10.1. The topological polar surface area (TPSA) is 47.9 Å². The van der Waals surface area contributed by atoms with E-state index in [1.807, 2.05) is 44.2 Å². The van der Waals surface area contributed by atoms with Gasteiger partial charge in [-0.1, -0.05) is 30.3 Å². The third-order valence-electron chi connectivity index (χ3n) is 4.00. The van der Waals surface area contributed by atoms with Gasteiger partial charge in [0, 0.05) is 5.92 Å². The van der Waals surface area contributed by atoms with Gasteiger partial charge < -0.3 is 19.3 Å². The molecule has 1 saturated carbocycles. The van der Waals surface area contributed by atoms with Gasteiger partial charge in [-0.15, -0.1) is 0 Å². The summed E-state index contributed by atoms with van der Waals surface area (Å²) in [7, 11) is 0. The molecule has 4 atom stereocenters. The van der Waals surface area contributed by atoms with Crippen LogP contribution in [0.5, 0.6) is 0 Å². The summed E-state index contributed by atoms with van der Waals surface area (Å²) in [5, 5.41) is 10.1. The van der Waals surface area contributed by atoms with Crippen molar-refractivity contribution in [3.63, 3.8) is 0 Å². The van der Waals surface area contributed by atoms with E-state index in [4.69, 9.17) is 14.2 Å². The van der Waals surface area contributed by atoms with Gasteiger partial charge in [0.2, 0.25) is 0 Å². The third kappa shape index (κ3) is 2.88. The lowest BCUT2D eigenvalue weighted by atomic mass is 10.1. The minimum Gasteiger partial charge on any atom is -0.390 e. The lowest BCUT2D eigenvalue weighted by Crippen LogP contribution is -2.28. The van der Waals surface area contributed by atoms with Crippen LogP contribution in [0.2, 0.25) is 0 Å². The maximum Gasteiger partial charge on any atom is 0.163 e. The van der Waals surface area contributed by atoms with Gasteiger partial charge in [-0.2, -0.15) is 0 Å². The minimum atomic E-state index is -0.603. The normalized spacial score (nSPS) is 35.1. The second-order valence-corrected chi connectivity index (χ2v) is 6.13. The summed E-state index contributed by atoms with van der Waals surface area (Å²) in [5.74, 6) is -0.408. The molecule has 110 valence electrons. The van der Waals surface area contributed by atoms with Gasteiger partial charge in [-0.25, -0.2) is 0 Å². The molecule has 1 N–H and O–H groups in total. The van der Waals surface area contributed by atoms with Gasteiger partial charge >= 0.3 is 0 Å². The number of benzene rings is 1. The molecule has 1 aromatic rings. The summed E-state index contributed by atoms with van der Waals surface area (Å²) in [6.07, 6.45) is -0.0431. The number of aliphatic hydroxyl groups is 1. The van der Waals surface area contributed by atoms with Crippen molar-refractivity contribution in [2.24, 2.45) is 5.92 Å². The van der Waals surface area contributed by atoms with Gasteiger partial charge in [0.05, 0.1) is 25.4 Å². The highest BCUT2D eigenvalue weighted by Gasteiger charge is 2.53. The predicted octanol–water partition coefficient (Wildman–Crippen LogP) is 2.10. The van der Waals surface area contributed by atoms with Crippen LogP contribution in [0.1, 0.15) is 25.8 Å². The van der Waals surface area contributed by atoms with E-state index in [0.29, 0.717) is 19.6 Å². The Morgan fingerprint density at radius 3 is 2.65 bits per heavy atom. The molecule has 4 heteroatoms. The van der Waals surface area contributed by atoms with E-state index >= 15 is 0 Å². The summed E-state index contributed by atoms with van der Waals surface area (Å²) in [5.41, 5.74) is 1.16. The molecule has 0 radical (unpaired) electrons. The predicted molar refractivity (Wildman–Crippen MR) is 74.0 cm³/mol. The highest BCUT2D eigenvalue weighted by atomic mass is 16.8. The van der Waals surface area contributed by atoms with Crippen LogP contribution in [-0.2, 0) is 20.8 Å². The Bertz CT molecular complexity index is 445. The quantitative estimate of drug-likeness (QED) is 0.916. The van der Waals surface area contributed by atoms with Gasteiger partial charge in [0.15, 0.2) is 5.79 Å². The van der Waals surface area contributed by atoms with Crippen molar-refractivity contribution in [1.29, 1.82) is 0 Å². The molecule has 0 amide bonds. The molecule has 0 bridgehead atoms. The van der Waals surface area contributed by atoms with Gasteiger partial charge in [-0.05, 0) is 25.8 Å². The Kier molecular flexibility index (Phi) is 3.82. The van der Waals surface area contributed by atoms with Crippen LogP contribution in [0.3, 0.4) is 0 Å². The number of aliphatic hydroxyl groups excluding tert-OH is 1. The van der Waals surface area contributed by atoms with Crippen LogP contribution in [0.15, 0.2) is 30.3 Å². The van der Waals surface area contributed by atoms with Crippen molar-refractivity contribution in [2.75, 3.05) is 6.61 Å². The van der Waals surface area contributed by atoms with Gasteiger partial charge in [-0.3, -0.25) is 0 Å². The first-order valence-corrected chi connectivity index (χ1v) is 7.20. The van der Waals surface area contributed by atoms with Crippen LogP contribution in [0, 0.1) is 5.92 Å². The van der Waals surface area contributed by atoms with Crippen molar-refractivity contribution in [3.8, 4) is 0 Å². The van der Waals surface area contributed by atoms with Crippen LogP contribution in [-0.4, -0.2) is 35.8 Å². The fourth-order valence-corrected chi connectivity index (χ4v) is 3.12. The maximum absolute atomic E-state index is 10.1. The zero-order valence-electron chi connectivity index (χ0n) is 12.0. The van der Waals surface area contributed by atoms with Crippen LogP contribution in [0.25, 0.3) is 0 Å². The zero-order chi connectivity index (χ0) is 14.2. The number of ether oxygens (including phenoxy) is 3. The molecule has 1 saturated heterocycles. The molecule has 2 fully saturated rings. The van der Waals surface area contributed by atoms with E-state index in [9.17, 15) is 5.11 Å². The number of hydrogen-bond acceptors (Lipinski definition) is 4. The average molecular weight is 278 g/mol. The molecule has 1 aromatic carbocycles. The molecule has 1 aliphatic carbocycles. The average Bonchev–Trinajstić information content (AvgIpc) is 2.87. The molecule has 0 aromatic heterocycles. The molecule has 0 spiro atoms. The molecular formula is C16H22O4. The monoisotopic (exact) mass is 278 g/mol. The van der Waals surface area contributed by atoms with E-state index in [1.54, 1.807) is 0 Å². The Hall–Kier alpha value is -0.940. The Labute approximate surface area is 119 Å². The molecule has 3 rings (SSSR count). The summed E-state index contributed by atoms with van der Waals surface area (Å²) >= 11 is 0. The van der Waals surface area contributed by atoms with Crippen LogP contribution < -0.4 is 0 Å². The summed E-state index contributed by atoms with van der Waals surface area (Å²) in [6, 6.07) is 10.1. The van der Waals surface area contributed by atoms with Crippen LogP contribution in [0.4, 0.5) is 0 Å².